The fourth-order valence-corrected chi connectivity index (χ4v) is 2.40. The molecule has 0 aromatic heterocycles. The Morgan fingerprint density at radius 1 is 1.38 bits per heavy atom. The summed E-state index contributed by atoms with van der Waals surface area (Å²) in [7, 11) is 0. The number of phenolic OH excluding ortho intramolecular Hbond substituents is 1. The average molecular weight is 219 g/mol. The van der Waals surface area contributed by atoms with Gasteiger partial charge in [-0.1, -0.05) is 25.1 Å². The molecule has 1 aliphatic rings. The third-order valence-corrected chi connectivity index (χ3v) is 3.96. The Balaban J connectivity index is 2.02. The van der Waals surface area contributed by atoms with Gasteiger partial charge >= 0.3 is 0 Å². The third-order valence-electron chi connectivity index (χ3n) is 3.96. The van der Waals surface area contributed by atoms with E-state index in [9.17, 15) is 5.11 Å². The van der Waals surface area contributed by atoms with Crippen molar-refractivity contribution in [1.82, 2.24) is 5.32 Å². The predicted molar refractivity (Wildman–Crippen MR) is 66.6 cm³/mol. The highest BCUT2D eigenvalue weighted by atomic mass is 16.3. The van der Waals surface area contributed by atoms with Crippen molar-refractivity contribution in [3.63, 3.8) is 0 Å². The Bertz CT molecular complexity index is 363. The molecule has 1 saturated carbocycles. The smallest absolute Gasteiger partial charge is 0.122 e. The monoisotopic (exact) mass is 219 g/mol. The van der Waals surface area contributed by atoms with Crippen LogP contribution in [0.2, 0.25) is 0 Å². The van der Waals surface area contributed by atoms with E-state index in [4.69, 9.17) is 0 Å². The van der Waals surface area contributed by atoms with Crippen molar-refractivity contribution >= 4 is 0 Å². The molecule has 16 heavy (non-hydrogen) atoms. The van der Waals surface area contributed by atoms with Crippen LogP contribution in [-0.2, 0) is 6.54 Å². The first kappa shape index (κ1) is 11.5. The SMILES string of the molecule is CCC1(NCc2cccc(C)c2O)CCC1. The van der Waals surface area contributed by atoms with E-state index in [-0.39, 0.29) is 0 Å². The van der Waals surface area contributed by atoms with Crippen molar-refractivity contribution in [2.45, 2.75) is 51.6 Å². The van der Waals surface area contributed by atoms with Gasteiger partial charge < -0.3 is 10.4 Å². The van der Waals surface area contributed by atoms with Gasteiger partial charge in [0.1, 0.15) is 5.75 Å². The number of para-hydroxylation sites is 1. The quantitative estimate of drug-likeness (QED) is 0.815. The van der Waals surface area contributed by atoms with E-state index in [2.05, 4.69) is 12.2 Å². The van der Waals surface area contributed by atoms with Crippen molar-refractivity contribution in [3.8, 4) is 5.75 Å². The zero-order valence-corrected chi connectivity index (χ0v) is 10.2. The minimum absolute atomic E-state index is 0.343. The molecule has 0 spiro atoms. The molecule has 1 aromatic carbocycles. The van der Waals surface area contributed by atoms with Crippen LogP contribution < -0.4 is 5.32 Å². The molecule has 1 fully saturated rings. The second-order valence-corrected chi connectivity index (χ2v) is 4.92. The van der Waals surface area contributed by atoms with Crippen molar-refractivity contribution < 1.29 is 5.11 Å². The number of benzene rings is 1. The largest absolute Gasteiger partial charge is 0.507 e. The Morgan fingerprint density at radius 2 is 2.12 bits per heavy atom. The molecule has 0 heterocycles. The molecule has 0 amide bonds. The van der Waals surface area contributed by atoms with Gasteiger partial charge in [-0.2, -0.15) is 0 Å². The van der Waals surface area contributed by atoms with Gasteiger partial charge in [-0.25, -0.2) is 0 Å². The number of hydrogen-bond donors (Lipinski definition) is 2. The minimum atomic E-state index is 0.343. The highest BCUT2D eigenvalue weighted by molar-refractivity contribution is 5.39. The summed E-state index contributed by atoms with van der Waals surface area (Å²) < 4.78 is 0. The molecule has 2 N–H and O–H groups in total. The molecule has 0 atom stereocenters. The molecule has 2 rings (SSSR count). The van der Waals surface area contributed by atoms with E-state index in [1.165, 1.54) is 25.7 Å². The lowest BCUT2D eigenvalue weighted by atomic mass is 9.75. The number of aryl methyl sites for hydroxylation is 1. The predicted octanol–water partition coefficient (Wildman–Crippen LogP) is 3.12. The van der Waals surface area contributed by atoms with Crippen molar-refractivity contribution in [3.05, 3.63) is 29.3 Å². The highest BCUT2D eigenvalue weighted by Gasteiger charge is 2.34. The highest BCUT2D eigenvalue weighted by Crippen LogP contribution is 2.35. The zero-order valence-electron chi connectivity index (χ0n) is 10.2. The van der Waals surface area contributed by atoms with E-state index < -0.39 is 0 Å². The van der Waals surface area contributed by atoms with Crippen LogP contribution in [0.1, 0.15) is 43.7 Å². The van der Waals surface area contributed by atoms with E-state index in [1.807, 2.05) is 25.1 Å². The van der Waals surface area contributed by atoms with Gasteiger partial charge in [0.2, 0.25) is 0 Å². The maximum absolute atomic E-state index is 9.92. The number of rotatable bonds is 4. The topological polar surface area (TPSA) is 32.3 Å². The van der Waals surface area contributed by atoms with Gasteiger partial charge in [-0.3, -0.25) is 0 Å². The third kappa shape index (κ3) is 2.07. The molecular weight excluding hydrogens is 198 g/mol. The van der Waals surface area contributed by atoms with Crippen LogP contribution in [0.4, 0.5) is 0 Å². The fourth-order valence-electron chi connectivity index (χ4n) is 2.40. The summed E-state index contributed by atoms with van der Waals surface area (Å²) in [4.78, 5) is 0. The minimum Gasteiger partial charge on any atom is -0.507 e. The maximum atomic E-state index is 9.92. The second kappa shape index (κ2) is 4.46. The van der Waals surface area contributed by atoms with Crippen LogP contribution in [0.5, 0.6) is 5.75 Å². The van der Waals surface area contributed by atoms with Crippen molar-refractivity contribution in [2.24, 2.45) is 0 Å². The summed E-state index contributed by atoms with van der Waals surface area (Å²) in [6.45, 7) is 4.96. The molecule has 0 radical (unpaired) electrons. The number of nitrogens with one attached hydrogen (secondary N) is 1. The normalized spacial score (nSPS) is 18.1. The van der Waals surface area contributed by atoms with Gasteiger partial charge in [0.15, 0.2) is 0 Å². The molecule has 2 nitrogen and oxygen atoms in total. The summed E-state index contributed by atoms with van der Waals surface area (Å²) in [5, 5.41) is 13.5. The average Bonchev–Trinajstić information content (AvgIpc) is 2.23. The van der Waals surface area contributed by atoms with Crippen molar-refractivity contribution in [1.29, 1.82) is 0 Å². The molecule has 1 aromatic rings. The van der Waals surface area contributed by atoms with Gasteiger partial charge in [-0.05, 0) is 38.2 Å². The van der Waals surface area contributed by atoms with Crippen molar-refractivity contribution in [2.75, 3.05) is 0 Å². The molecule has 88 valence electrons. The summed E-state index contributed by atoms with van der Waals surface area (Å²) >= 11 is 0. The molecule has 2 heteroatoms. The molecule has 0 aliphatic heterocycles. The molecular formula is C14H21NO. The van der Waals surface area contributed by atoms with E-state index in [0.717, 1.165) is 17.7 Å². The van der Waals surface area contributed by atoms with Crippen LogP contribution in [0.15, 0.2) is 18.2 Å². The van der Waals surface area contributed by atoms with Crippen LogP contribution in [0, 0.1) is 6.92 Å². The molecule has 0 saturated heterocycles. The maximum Gasteiger partial charge on any atom is 0.122 e. The summed E-state index contributed by atoms with van der Waals surface area (Å²) in [5.41, 5.74) is 2.31. The number of hydrogen-bond acceptors (Lipinski definition) is 2. The zero-order chi connectivity index (χ0) is 11.6. The van der Waals surface area contributed by atoms with Crippen LogP contribution >= 0.6 is 0 Å². The Kier molecular flexibility index (Phi) is 3.20. The number of phenols is 1. The Hall–Kier alpha value is -1.02. The molecule has 0 bridgehead atoms. The Morgan fingerprint density at radius 3 is 2.69 bits per heavy atom. The van der Waals surface area contributed by atoms with Gasteiger partial charge in [0, 0.05) is 17.6 Å². The summed E-state index contributed by atoms with van der Waals surface area (Å²) in [6, 6.07) is 5.95. The fraction of sp³-hybridized carbons (Fsp3) is 0.571. The molecule has 1 aliphatic carbocycles. The standard InChI is InChI=1S/C14H21NO/c1-3-14(8-5-9-14)15-10-12-7-4-6-11(2)13(12)16/h4,6-7,15-16H,3,5,8-10H2,1-2H3. The summed E-state index contributed by atoms with van der Waals surface area (Å²) in [5.74, 6) is 0.445. The van der Waals surface area contributed by atoms with Crippen LogP contribution in [0.25, 0.3) is 0 Å². The first-order valence-corrected chi connectivity index (χ1v) is 6.19. The van der Waals surface area contributed by atoms with Gasteiger partial charge in [0.05, 0.1) is 0 Å². The van der Waals surface area contributed by atoms with Crippen LogP contribution in [-0.4, -0.2) is 10.6 Å². The lowest BCUT2D eigenvalue weighted by Gasteiger charge is -2.42. The van der Waals surface area contributed by atoms with E-state index in [1.54, 1.807) is 0 Å². The van der Waals surface area contributed by atoms with Crippen LogP contribution in [0.3, 0.4) is 0 Å². The van der Waals surface area contributed by atoms with E-state index in [0.29, 0.717) is 11.3 Å². The Labute approximate surface area is 97.7 Å². The summed E-state index contributed by atoms with van der Waals surface area (Å²) in [6.07, 6.45) is 5.06. The lowest BCUT2D eigenvalue weighted by Crippen LogP contribution is -2.49. The lowest BCUT2D eigenvalue weighted by molar-refractivity contribution is 0.175. The van der Waals surface area contributed by atoms with Gasteiger partial charge in [-0.15, -0.1) is 0 Å². The second-order valence-electron chi connectivity index (χ2n) is 4.92. The first-order chi connectivity index (χ1) is 7.67. The van der Waals surface area contributed by atoms with Gasteiger partial charge in [0.25, 0.3) is 0 Å². The molecule has 0 unspecified atom stereocenters. The van der Waals surface area contributed by atoms with E-state index >= 15 is 0 Å². The number of aromatic hydroxyl groups is 1. The first-order valence-electron chi connectivity index (χ1n) is 6.19.